The summed E-state index contributed by atoms with van der Waals surface area (Å²) in [6, 6.07) is 10.3. The molecule has 2 amide bonds. The predicted molar refractivity (Wildman–Crippen MR) is 102 cm³/mol. The fourth-order valence-electron chi connectivity index (χ4n) is 3.24. The molecule has 2 aromatic rings. The van der Waals surface area contributed by atoms with E-state index in [-0.39, 0.29) is 18.2 Å². The second-order valence-electron chi connectivity index (χ2n) is 6.20. The topological polar surface area (TPSA) is 53.6 Å². The summed E-state index contributed by atoms with van der Waals surface area (Å²) in [5, 5.41) is 9.83. The minimum Gasteiger partial charge on any atom is -0.373 e. The Labute approximate surface area is 153 Å². The van der Waals surface area contributed by atoms with Crippen LogP contribution in [0.3, 0.4) is 0 Å². The van der Waals surface area contributed by atoms with Crippen molar-refractivity contribution in [3.05, 3.63) is 52.2 Å². The second kappa shape index (κ2) is 8.47. The van der Waals surface area contributed by atoms with Crippen LogP contribution in [0, 0.1) is 6.92 Å². The number of likely N-dealkylation sites (N-methyl/N-ethyl adjacent to an activating group) is 1. The van der Waals surface area contributed by atoms with E-state index in [1.54, 1.807) is 11.3 Å². The highest BCUT2D eigenvalue weighted by atomic mass is 32.1. The first kappa shape index (κ1) is 17.9. The smallest absolute Gasteiger partial charge is 0.319 e. The van der Waals surface area contributed by atoms with Gasteiger partial charge in [0.2, 0.25) is 0 Å². The fourth-order valence-corrected chi connectivity index (χ4v) is 4.02. The van der Waals surface area contributed by atoms with E-state index in [0.717, 1.165) is 24.3 Å². The van der Waals surface area contributed by atoms with Crippen LogP contribution in [-0.2, 0) is 4.74 Å². The zero-order valence-electron chi connectivity index (χ0n) is 14.7. The highest BCUT2D eigenvalue weighted by molar-refractivity contribution is 7.08. The monoisotopic (exact) mass is 359 g/mol. The van der Waals surface area contributed by atoms with E-state index < -0.39 is 0 Å². The molecule has 1 aliphatic heterocycles. The number of hydrogen-bond donors (Lipinski definition) is 2. The summed E-state index contributed by atoms with van der Waals surface area (Å²) in [5.41, 5.74) is 3.17. The van der Waals surface area contributed by atoms with Gasteiger partial charge in [-0.1, -0.05) is 37.3 Å². The molecular formula is C19H25N3O2S. The Morgan fingerprint density at radius 1 is 1.32 bits per heavy atom. The number of benzene rings is 1. The van der Waals surface area contributed by atoms with Gasteiger partial charge in [0.1, 0.15) is 0 Å². The highest BCUT2D eigenvalue weighted by Crippen LogP contribution is 2.29. The van der Waals surface area contributed by atoms with Gasteiger partial charge in [0.25, 0.3) is 0 Å². The molecule has 0 aliphatic carbocycles. The molecular weight excluding hydrogens is 334 g/mol. The van der Waals surface area contributed by atoms with Crippen LogP contribution in [-0.4, -0.2) is 43.3 Å². The molecule has 0 unspecified atom stereocenters. The molecule has 2 atom stereocenters. The van der Waals surface area contributed by atoms with E-state index in [4.69, 9.17) is 4.74 Å². The first-order chi connectivity index (χ1) is 12.2. The summed E-state index contributed by atoms with van der Waals surface area (Å²) in [6.45, 7) is 7.19. The first-order valence-electron chi connectivity index (χ1n) is 8.67. The molecule has 2 heterocycles. The molecule has 1 fully saturated rings. The fraction of sp³-hybridized carbons (Fsp3) is 0.421. The molecule has 25 heavy (non-hydrogen) atoms. The van der Waals surface area contributed by atoms with Gasteiger partial charge in [-0.2, -0.15) is 0 Å². The van der Waals surface area contributed by atoms with Crippen molar-refractivity contribution in [3.63, 3.8) is 0 Å². The van der Waals surface area contributed by atoms with Gasteiger partial charge < -0.3 is 15.4 Å². The largest absolute Gasteiger partial charge is 0.373 e. The summed E-state index contributed by atoms with van der Waals surface area (Å²) < 4.78 is 6.00. The Hall–Kier alpha value is -1.89. The molecule has 1 aromatic heterocycles. The minimum absolute atomic E-state index is 0.0644. The van der Waals surface area contributed by atoms with Gasteiger partial charge >= 0.3 is 6.03 Å². The zero-order chi connectivity index (χ0) is 17.6. The highest BCUT2D eigenvalue weighted by Gasteiger charge is 2.32. The molecule has 0 bridgehead atoms. The molecule has 5 nitrogen and oxygen atoms in total. The lowest BCUT2D eigenvalue weighted by molar-refractivity contribution is -0.0680. The lowest BCUT2D eigenvalue weighted by atomic mass is 9.98. The first-order valence-corrected chi connectivity index (χ1v) is 9.61. The van der Waals surface area contributed by atoms with Gasteiger partial charge in [-0.15, -0.1) is 11.3 Å². The van der Waals surface area contributed by atoms with Crippen LogP contribution in [0.4, 0.5) is 10.5 Å². The Balaban J connectivity index is 1.64. The number of nitrogens with one attached hydrogen (secondary N) is 2. The van der Waals surface area contributed by atoms with Gasteiger partial charge in [-0.05, 0) is 30.0 Å². The van der Waals surface area contributed by atoms with Crippen molar-refractivity contribution in [2.45, 2.75) is 26.0 Å². The Morgan fingerprint density at radius 3 is 2.80 bits per heavy atom. The molecule has 1 saturated heterocycles. The van der Waals surface area contributed by atoms with Gasteiger partial charge in [0.15, 0.2) is 0 Å². The van der Waals surface area contributed by atoms with Gasteiger partial charge in [-0.25, -0.2) is 4.79 Å². The number of rotatable bonds is 5. The number of urea groups is 1. The second-order valence-corrected chi connectivity index (χ2v) is 6.94. The van der Waals surface area contributed by atoms with Crippen LogP contribution in [0.15, 0.2) is 41.1 Å². The molecule has 1 aromatic carbocycles. The number of nitrogens with zero attached hydrogens (tertiary/aromatic N) is 1. The van der Waals surface area contributed by atoms with Crippen LogP contribution in [0.1, 0.15) is 24.1 Å². The van der Waals surface area contributed by atoms with E-state index in [9.17, 15) is 4.79 Å². The zero-order valence-corrected chi connectivity index (χ0v) is 15.5. The van der Waals surface area contributed by atoms with E-state index in [0.29, 0.717) is 13.2 Å². The van der Waals surface area contributed by atoms with Crippen molar-refractivity contribution in [1.29, 1.82) is 0 Å². The van der Waals surface area contributed by atoms with Crippen LogP contribution in [0.5, 0.6) is 0 Å². The van der Waals surface area contributed by atoms with Gasteiger partial charge in [0, 0.05) is 18.5 Å². The van der Waals surface area contributed by atoms with E-state index in [1.807, 2.05) is 35.9 Å². The van der Waals surface area contributed by atoms with Crippen molar-refractivity contribution < 1.29 is 9.53 Å². The third-order valence-corrected chi connectivity index (χ3v) is 5.43. The SMILES string of the molecule is CCN1CCO[C@@H](CNC(=O)Nc2cscc2C)[C@@H]1c1ccccc1. The molecule has 6 heteroatoms. The number of aryl methyl sites for hydroxylation is 1. The number of carbonyl (C=O) groups is 1. The summed E-state index contributed by atoms with van der Waals surface area (Å²) in [4.78, 5) is 14.6. The third-order valence-electron chi connectivity index (χ3n) is 4.57. The molecule has 0 saturated carbocycles. The maximum Gasteiger partial charge on any atom is 0.319 e. The number of morpholine rings is 1. The van der Waals surface area contributed by atoms with Crippen LogP contribution in [0.2, 0.25) is 0 Å². The van der Waals surface area contributed by atoms with Crippen molar-refractivity contribution in [1.82, 2.24) is 10.2 Å². The number of hydrogen-bond acceptors (Lipinski definition) is 4. The third kappa shape index (κ3) is 4.39. The lowest BCUT2D eigenvalue weighted by Gasteiger charge is -2.41. The number of ether oxygens (including phenoxy) is 1. The van der Waals surface area contributed by atoms with Crippen molar-refractivity contribution in [3.8, 4) is 0 Å². The maximum absolute atomic E-state index is 12.2. The molecule has 1 aliphatic rings. The molecule has 0 radical (unpaired) electrons. The molecule has 0 spiro atoms. The predicted octanol–water partition coefficient (Wildman–Crippen LogP) is 3.64. The normalized spacial score (nSPS) is 21.0. The molecule has 2 N–H and O–H groups in total. The Kier molecular flexibility index (Phi) is 6.07. The van der Waals surface area contributed by atoms with E-state index >= 15 is 0 Å². The van der Waals surface area contributed by atoms with Gasteiger partial charge in [0.05, 0.1) is 24.4 Å². The maximum atomic E-state index is 12.2. The number of amides is 2. The lowest BCUT2D eigenvalue weighted by Crippen LogP contribution is -2.50. The van der Waals surface area contributed by atoms with Crippen LogP contribution < -0.4 is 10.6 Å². The number of carbonyl (C=O) groups excluding carboxylic acids is 1. The van der Waals surface area contributed by atoms with E-state index in [2.05, 4.69) is 34.6 Å². The molecule has 134 valence electrons. The van der Waals surface area contributed by atoms with Crippen molar-refractivity contribution in [2.24, 2.45) is 0 Å². The quantitative estimate of drug-likeness (QED) is 0.857. The van der Waals surface area contributed by atoms with Crippen LogP contribution in [0.25, 0.3) is 0 Å². The summed E-state index contributed by atoms with van der Waals surface area (Å²) in [6.07, 6.45) is -0.0644. The Morgan fingerprint density at radius 2 is 2.12 bits per heavy atom. The average molecular weight is 359 g/mol. The summed E-state index contributed by atoms with van der Waals surface area (Å²) in [7, 11) is 0. The van der Waals surface area contributed by atoms with Gasteiger partial charge in [-0.3, -0.25) is 4.90 Å². The van der Waals surface area contributed by atoms with Crippen molar-refractivity contribution >= 4 is 23.1 Å². The van der Waals surface area contributed by atoms with Crippen molar-refractivity contribution in [2.75, 3.05) is 31.6 Å². The molecule has 3 rings (SSSR count). The average Bonchev–Trinajstić information content (AvgIpc) is 3.05. The minimum atomic E-state index is -0.189. The Bertz CT molecular complexity index is 689. The number of thiophene rings is 1. The van der Waals surface area contributed by atoms with E-state index in [1.165, 1.54) is 5.56 Å². The summed E-state index contributed by atoms with van der Waals surface area (Å²) >= 11 is 1.58. The standard InChI is InChI=1S/C19H25N3O2S/c1-3-22-9-10-24-17(18(22)15-7-5-4-6-8-15)11-20-19(23)21-16-13-25-12-14(16)2/h4-8,12-13,17-18H,3,9-11H2,1-2H3,(H2,20,21,23)/t17-,18-/m0/s1. The van der Waals surface area contributed by atoms with Crippen LogP contribution >= 0.6 is 11.3 Å². The summed E-state index contributed by atoms with van der Waals surface area (Å²) in [5.74, 6) is 0. The number of anilines is 1.